The number of nitrogens with one attached hydrogen (secondary N) is 1. The zero-order chi connectivity index (χ0) is 13.1. The van der Waals surface area contributed by atoms with Crippen LogP contribution in [0.25, 0.3) is 0 Å². The van der Waals surface area contributed by atoms with Crippen LogP contribution < -0.4 is 5.32 Å². The molecule has 1 fully saturated rings. The Balaban J connectivity index is 2.02. The zero-order valence-electron chi connectivity index (χ0n) is 10.4. The fourth-order valence-corrected chi connectivity index (χ4v) is 2.66. The van der Waals surface area contributed by atoms with Crippen molar-refractivity contribution in [1.82, 2.24) is 5.32 Å². The van der Waals surface area contributed by atoms with Gasteiger partial charge in [-0.15, -0.1) is 12.6 Å². The van der Waals surface area contributed by atoms with Crippen molar-refractivity contribution < 1.29 is 4.79 Å². The minimum Gasteiger partial charge on any atom is -0.349 e. The molecule has 1 aliphatic carbocycles. The molecule has 0 radical (unpaired) electrons. The van der Waals surface area contributed by atoms with Gasteiger partial charge in [-0.05, 0) is 52.9 Å². The summed E-state index contributed by atoms with van der Waals surface area (Å²) in [5, 5.41) is 3.12. The van der Waals surface area contributed by atoms with E-state index in [4.69, 9.17) is 0 Å². The van der Waals surface area contributed by atoms with E-state index in [0.29, 0.717) is 11.6 Å². The molecule has 1 atom stereocenters. The van der Waals surface area contributed by atoms with Gasteiger partial charge >= 0.3 is 0 Å². The fraction of sp³-hybridized carbons (Fsp3) is 0.500. The number of halogens is 1. The Bertz CT molecular complexity index is 445. The van der Waals surface area contributed by atoms with Gasteiger partial charge < -0.3 is 5.32 Å². The zero-order valence-corrected chi connectivity index (χ0v) is 12.9. The second-order valence-electron chi connectivity index (χ2n) is 4.92. The molecule has 1 saturated carbocycles. The highest BCUT2D eigenvalue weighted by atomic mass is 79.9. The molecular formula is C14H18BrNOS. The van der Waals surface area contributed by atoms with E-state index in [1.807, 2.05) is 12.1 Å². The lowest BCUT2D eigenvalue weighted by molar-refractivity contribution is 0.0931. The summed E-state index contributed by atoms with van der Waals surface area (Å²) in [6, 6.07) is 5.82. The summed E-state index contributed by atoms with van der Waals surface area (Å²) < 4.78 is 0.819. The highest BCUT2D eigenvalue weighted by Crippen LogP contribution is 2.34. The van der Waals surface area contributed by atoms with Crippen molar-refractivity contribution in [3.8, 4) is 0 Å². The molecule has 98 valence electrons. The summed E-state index contributed by atoms with van der Waals surface area (Å²) in [5.41, 5.74) is 0.664. The van der Waals surface area contributed by atoms with Crippen molar-refractivity contribution >= 4 is 34.5 Å². The molecule has 2 nitrogen and oxygen atoms in total. The van der Waals surface area contributed by atoms with Gasteiger partial charge in [0.05, 0.1) is 5.56 Å². The number of rotatable bonds is 5. The highest BCUT2D eigenvalue weighted by Gasteiger charge is 2.25. The molecule has 1 unspecified atom stereocenters. The molecule has 1 aromatic rings. The van der Waals surface area contributed by atoms with E-state index in [9.17, 15) is 4.79 Å². The first-order chi connectivity index (χ1) is 8.60. The maximum absolute atomic E-state index is 12.2. The van der Waals surface area contributed by atoms with E-state index in [0.717, 1.165) is 28.1 Å². The Morgan fingerprint density at radius 3 is 2.89 bits per heavy atom. The van der Waals surface area contributed by atoms with Gasteiger partial charge in [-0.1, -0.05) is 19.8 Å². The molecule has 1 aliphatic rings. The van der Waals surface area contributed by atoms with Gasteiger partial charge in [-0.2, -0.15) is 0 Å². The van der Waals surface area contributed by atoms with Gasteiger partial charge in [0.1, 0.15) is 0 Å². The van der Waals surface area contributed by atoms with E-state index < -0.39 is 0 Å². The SMILES string of the molecule is CCC(CC1CC1)NC(=O)c1cc(S)ccc1Br. The van der Waals surface area contributed by atoms with Gasteiger partial charge in [-0.3, -0.25) is 4.79 Å². The van der Waals surface area contributed by atoms with Crippen LogP contribution >= 0.6 is 28.6 Å². The lowest BCUT2D eigenvalue weighted by Crippen LogP contribution is -2.34. The van der Waals surface area contributed by atoms with Gasteiger partial charge in [0.15, 0.2) is 0 Å². The summed E-state index contributed by atoms with van der Waals surface area (Å²) in [6.45, 7) is 2.12. The highest BCUT2D eigenvalue weighted by molar-refractivity contribution is 9.10. The lowest BCUT2D eigenvalue weighted by atomic mass is 10.1. The van der Waals surface area contributed by atoms with Crippen LogP contribution in [0, 0.1) is 5.92 Å². The first-order valence-electron chi connectivity index (χ1n) is 6.39. The van der Waals surface area contributed by atoms with Crippen molar-refractivity contribution in [2.24, 2.45) is 5.92 Å². The Morgan fingerprint density at radius 1 is 1.56 bits per heavy atom. The first kappa shape index (κ1) is 13.9. The summed E-state index contributed by atoms with van der Waals surface area (Å²) in [4.78, 5) is 13.0. The summed E-state index contributed by atoms with van der Waals surface area (Å²) in [5.74, 6) is 0.820. The van der Waals surface area contributed by atoms with E-state index in [2.05, 4.69) is 40.8 Å². The third kappa shape index (κ3) is 3.75. The smallest absolute Gasteiger partial charge is 0.252 e. The Hall–Kier alpha value is -0.480. The average molecular weight is 328 g/mol. The molecule has 4 heteroatoms. The molecular weight excluding hydrogens is 310 g/mol. The van der Waals surface area contributed by atoms with Crippen molar-refractivity contribution in [3.05, 3.63) is 28.2 Å². The number of benzene rings is 1. The van der Waals surface area contributed by atoms with Gasteiger partial charge in [0.2, 0.25) is 0 Å². The normalized spacial score (nSPS) is 16.4. The second kappa shape index (κ2) is 6.11. The third-order valence-corrected chi connectivity index (χ3v) is 4.31. The lowest BCUT2D eigenvalue weighted by Gasteiger charge is -2.17. The van der Waals surface area contributed by atoms with E-state index in [-0.39, 0.29) is 5.91 Å². The minimum absolute atomic E-state index is 0.00900. The largest absolute Gasteiger partial charge is 0.349 e. The third-order valence-electron chi connectivity index (χ3n) is 3.34. The van der Waals surface area contributed by atoms with Crippen LogP contribution in [0.5, 0.6) is 0 Å². The number of hydrogen-bond acceptors (Lipinski definition) is 2. The number of hydrogen-bond donors (Lipinski definition) is 2. The molecule has 0 bridgehead atoms. The van der Waals surface area contributed by atoms with Crippen LogP contribution in [0.2, 0.25) is 0 Å². The maximum atomic E-state index is 12.2. The summed E-state index contributed by atoms with van der Waals surface area (Å²) in [6.07, 6.45) is 4.74. The fourth-order valence-electron chi connectivity index (χ4n) is 2.03. The van der Waals surface area contributed by atoms with E-state index in [1.54, 1.807) is 6.07 Å². The summed E-state index contributed by atoms with van der Waals surface area (Å²) >= 11 is 7.69. The molecule has 1 aromatic carbocycles. The molecule has 18 heavy (non-hydrogen) atoms. The van der Waals surface area contributed by atoms with Crippen LogP contribution in [-0.2, 0) is 0 Å². The molecule has 2 rings (SSSR count). The van der Waals surface area contributed by atoms with Crippen LogP contribution in [0.15, 0.2) is 27.6 Å². The second-order valence-corrected chi connectivity index (χ2v) is 6.29. The predicted octanol–water partition coefficient (Wildman–Crippen LogP) is 4.05. The minimum atomic E-state index is -0.00900. The van der Waals surface area contributed by atoms with Gasteiger partial charge in [-0.25, -0.2) is 0 Å². The molecule has 0 aliphatic heterocycles. The molecule has 1 amide bonds. The molecule has 0 saturated heterocycles. The van der Waals surface area contributed by atoms with Crippen molar-refractivity contribution in [2.45, 2.75) is 43.5 Å². The first-order valence-corrected chi connectivity index (χ1v) is 7.63. The summed E-state index contributed by atoms with van der Waals surface area (Å²) in [7, 11) is 0. The number of thiol groups is 1. The van der Waals surface area contributed by atoms with Crippen molar-refractivity contribution in [2.75, 3.05) is 0 Å². The Labute approximate surface area is 122 Å². The quantitative estimate of drug-likeness (QED) is 0.785. The Kier molecular flexibility index (Phi) is 4.73. The standard InChI is InChI=1S/C14H18BrNOS/c1-2-10(7-9-3-4-9)16-14(17)12-8-11(18)5-6-13(12)15/h5-6,8-10,18H,2-4,7H2,1H3,(H,16,17). The number of carbonyl (C=O) groups excluding carboxylic acids is 1. The maximum Gasteiger partial charge on any atom is 0.252 e. The van der Waals surface area contributed by atoms with Crippen molar-refractivity contribution in [3.63, 3.8) is 0 Å². The molecule has 0 spiro atoms. The van der Waals surface area contributed by atoms with Gasteiger partial charge in [0.25, 0.3) is 5.91 Å². The Morgan fingerprint density at radius 2 is 2.28 bits per heavy atom. The molecule has 1 N–H and O–H groups in total. The van der Waals surface area contributed by atoms with Crippen molar-refractivity contribution in [1.29, 1.82) is 0 Å². The number of carbonyl (C=O) groups is 1. The molecule has 0 aromatic heterocycles. The van der Waals surface area contributed by atoms with Crippen LogP contribution in [-0.4, -0.2) is 11.9 Å². The van der Waals surface area contributed by atoms with Crippen LogP contribution in [0.3, 0.4) is 0 Å². The average Bonchev–Trinajstić information content (AvgIpc) is 3.15. The van der Waals surface area contributed by atoms with E-state index in [1.165, 1.54) is 12.8 Å². The van der Waals surface area contributed by atoms with Crippen LogP contribution in [0.4, 0.5) is 0 Å². The topological polar surface area (TPSA) is 29.1 Å². The number of amides is 1. The molecule has 0 heterocycles. The monoisotopic (exact) mass is 327 g/mol. The van der Waals surface area contributed by atoms with E-state index >= 15 is 0 Å². The predicted molar refractivity (Wildman–Crippen MR) is 80.3 cm³/mol. The van der Waals surface area contributed by atoms with Crippen LogP contribution in [0.1, 0.15) is 43.0 Å². The van der Waals surface area contributed by atoms with Gasteiger partial charge in [0, 0.05) is 15.4 Å².